The van der Waals surface area contributed by atoms with Crippen molar-refractivity contribution in [3.05, 3.63) is 65.8 Å². The number of carbonyl (C=O) groups is 1. The quantitative estimate of drug-likeness (QED) is 0.564. The van der Waals surface area contributed by atoms with E-state index in [1.54, 1.807) is 13.8 Å². The number of benzene rings is 2. The number of carbonyl (C=O) groups excluding carboxylic acids is 1. The molecule has 6 nitrogen and oxygen atoms in total. The minimum atomic E-state index is -1.27. The highest BCUT2D eigenvalue weighted by atomic mass is 19.1. The fourth-order valence-corrected chi connectivity index (χ4v) is 2.46. The first-order chi connectivity index (χ1) is 13.4. The number of rotatable bonds is 7. The summed E-state index contributed by atoms with van der Waals surface area (Å²) in [5.74, 6) is -0.0249. The van der Waals surface area contributed by atoms with Gasteiger partial charge >= 0.3 is 5.97 Å². The molecule has 3 aromatic rings. The van der Waals surface area contributed by atoms with Crippen molar-refractivity contribution in [3.63, 3.8) is 0 Å². The SMILES string of the molecule is CCc1ccc(-c2noc(COC(=O)C(C)(C)Oc3ccc(F)cc3)n2)cc1. The molecule has 0 spiro atoms. The number of hydrogen-bond acceptors (Lipinski definition) is 6. The monoisotopic (exact) mass is 384 g/mol. The van der Waals surface area contributed by atoms with E-state index in [0.717, 1.165) is 12.0 Å². The topological polar surface area (TPSA) is 74.5 Å². The summed E-state index contributed by atoms with van der Waals surface area (Å²) >= 11 is 0. The maximum atomic E-state index is 13.0. The Kier molecular flexibility index (Phi) is 5.73. The van der Waals surface area contributed by atoms with Gasteiger partial charge in [0.25, 0.3) is 5.89 Å². The van der Waals surface area contributed by atoms with Crippen LogP contribution in [0.1, 0.15) is 32.2 Å². The molecule has 28 heavy (non-hydrogen) atoms. The number of ether oxygens (including phenoxy) is 2. The summed E-state index contributed by atoms with van der Waals surface area (Å²) in [5.41, 5.74) is 0.764. The van der Waals surface area contributed by atoms with Crippen LogP contribution in [0.2, 0.25) is 0 Å². The van der Waals surface area contributed by atoms with Gasteiger partial charge in [-0.25, -0.2) is 9.18 Å². The number of hydrogen-bond donors (Lipinski definition) is 0. The molecule has 2 aromatic carbocycles. The van der Waals surface area contributed by atoms with Crippen LogP contribution in [0.25, 0.3) is 11.4 Å². The Hall–Kier alpha value is -3.22. The lowest BCUT2D eigenvalue weighted by atomic mass is 10.1. The fraction of sp³-hybridized carbons (Fsp3) is 0.286. The van der Waals surface area contributed by atoms with E-state index in [1.807, 2.05) is 24.3 Å². The predicted octanol–water partition coefficient (Wildman–Crippen LogP) is 4.34. The molecule has 0 radical (unpaired) electrons. The van der Waals surface area contributed by atoms with E-state index in [4.69, 9.17) is 14.0 Å². The highest BCUT2D eigenvalue weighted by Gasteiger charge is 2.32. The number of esters is 1. The molecule has 0 aliphatic rings. The average Bonchev–Trinajstić information content (AvgIpc) is 3.17. The van der Waals surface area contributed by atoms with E-state index in [0.29, 0.717) is 11.6 Å². The van der Waals surface area contributed by atoms with Crippen LogP contribution < -0.4 is 4.74 Å². The summed E-state index contributed by atoms with van der Waals surface area (Å²) in [4.78, 5) is 16.6. The average molecular weight is 384 g/mol. The molecule has 146 valence electrons. The summed E-state index contributed by atoms with van der Waals surface area (Å²) < 4.78 is 29.0. The van der Waals surface area contributed by atoms with E-state index in [9.17, 15) is 9.18 Å². The fourth-order valence-electron chi connectivity index (χ4n) is 2.46. The van der Waals surface area contributed by atoms with Crippen molar-refractivity contribution in [2.75, 3.05) is 0 Å². The smallest absolute Gasteiger partial charge is 0.350 e. The number of aryl methyl sites for hydroxylation is 1. The molecule has 0 saturated carbocycles. The van der Waals surface area contributed by atoms with Gasteiger partial charge < -0.3 is 14.0 Å². The van der Waals surface area contributed by atoms with Crippen LogP contribution in [0, 0.1) is 5.82 Å². The lowest BCUT2D eigenvalue weighted by Gasteiger charge is -2.23. The Bertz CT molecular complexity index is 934. The molecule has 0 aliphatic carbocycles. The summed E-state index contributed by atoms with van der Waals surface area (Å²) in [6, 6.07) is 13.2. The molecule has 0 unspecified atom stereocenters. The number of halogens is 1. The van der Waals surface area contributed by atoms with Gasteiger partial charge in [-0.15, -0.1) is 0 Å². The van der Waals surface area contributed by atoms with Crippen molar-refractivity contribution in [1.82, 2.24) is 10.1 Å². The molecule has 7 heteroatoms. The minimum Gasteiger partial charge on any atom is -0.476 e. The Morgan fingerprint density at radius 2 is 1.79 bits per heavy atom. The first kappa shape index (κ1) is 19.5. The summed E-state index contributed by atoms with van der Waals surface area (Å²) in [6.07, 6.45) is 0.948. The van der Waals surface area contributed by atoms with Crippen LogP contribution >= 0.6 is 0 Å². The van der Waals surface area contributed by atoms with Crippen molar-refractivity contribution in [2.24, 2.45) is 0 Å². The van der Waals surface area contributed by atoms with Crippen LogP contribution in [0.3, 0.4) is 0 Å². The van der Waals surface area contributed by atoms with E-state index in [1.165, 1.54) is 29.8 Å². The van der Waals surface area contributed by atoms with Gasteiger partial charge in [-0.1, -0.05) is 36.3 Å². The van der Waals surface area contributed by atoms with Gasteiger partial charge in [0.2, 0.25) is 5.82 Å². The zero-order chi connectivity index (χ0) is 20.1. The Morgan fingerprint density at radius 1 is 1.11 bits per heavy atom. The third kappa shape index (κ3) is 4.73. The second-order valence-electron chi connectivity index (χ2n) is 6.70. The van der Waals surface area contributed by atoms with Crippen molar-refractivity contribution in [3.8, 4) is 17.1 Å². The molecule has 0 bridgehead atoms. The van der Waals surface area contributed by atoms with Crippen molar-refractivity contribution in [1.29, 1.82) is 0 Å². The van der Waals surface area contributed by atoms with Crippen LogP contribution in [0.4, 0.5) is 4.39 Å². The molecule has 0 fully saturated rings. The van der Waals surface area contributed by atoms with Gasteiger partial charge in [0, 0.05) is 5.56 Å². The molecule has 0 saturated heterocycles. The highest BCUT2D eigenvalue weighted by Crippen LogP contribution is 2.21. The first-order valence-corrected chi connectivity index (χ1v) is 8.91. The van der Waals surface area contributed by atoms with Gasteiger partial charge in [-0.3, -0.25) is 0 Å². The normalized spacial score (nSPS) is 11.3. The molecule has 0 aliphatic heterocycles. The minimum absolute atomic E-state index is 0.172. The maximum Gasteiger partial charge on any atom is 0.350 e. The number of aromatic nitrogens is 2. The molecule has 1 aromatic heterocycles. The largest absolute Gasteiger partial charge is 0.476 e. The molecular formula is C21H21FN2O4. The predicted molar refractivity (Wildman–Crippen MR) is 100 cm³/mol. The van der Waals surface area contributed by atoms with E-state index in [2.05, 4.69) is 17.1 Å². The lowest BCUT2D eigenvalue weighted by Crippen LogP contribution is -2.39. The van der Waals surface area contributed by atoms with E-state index in [-0.39, 0.29) is 18.3 Å². The van der Waals surface area contributed by atoms with Crippen molar-refractivity contribution >= 4 is 5.97 Å². The second-order valence-corrected chi connectivity index (χ2v) is 6.70. The molecule has 0 amide bonds. The van der Waals surface area contributed by atoms with Gasteiger partial charge in [-0.05, 0) is 50.1 Å². The van der Waals surface area contributed by atoms with Gasteiger partial charge in [0.1, 0.15) is 11.6 Å². The summed E-state index contributed by atoms with van der Waals surface area (Å²) in [7, 11) is 0. The lowest BCUT2D eigenvalue weighted by molar-refractivity contribution is -0.161. The number of nitrogens with zero attached hydrogens (tertiary/aromatic N) is 2. The Labute approximate surface area is 162 Å². The maximum absolute atomic E-state index is 13.0. The van der Waals surface area contributed by atoms with Crippen LogP contribution in [-0.4, -0.2) is 21.7 Å². The van der Waals surface area contributed by atoms with Crippen molar-refractivity contribution in [2.45, 2.75) is 39.4 Å². The van der Waals surface area contributed by atoms with Gasteiger partial charge in [-0.2, -0.15) is 4.98 Å². The summed E-state index contributed by atoms with van der Waals surface area (Å²) in [6.45, 7) is 5.03. The molecular weight excluding hydrogens is 363 g/mol. The van der Waals surface area contributed by atoms with Crippen LogP contribution in [0.5, 0.6) is 5.75 Å². The Morgan fingerprint density at radius 3 is 2.43 bits per heavy atom. The van der Waals surface area contributed by atoms with Gasteiger partial charge in [0.15, 0.2) is 12.2 Å². The molecule has 0 N–H and O–H groups in total. The standard InChI is InChI=1S/C21H21FN2O4/c1-4-14-5-7-15(8-6-14)19-23-18(28-24-19)13-26-20(25)21(2,3)27-17-11-9-16(22)10-12-17/h5-12H,4,13H2,1-3H3. The van der Waals surface area contributed by atoms with Crippen LogP contribution in [0.15, 0.2) is 53.1 Å². The molecule has 3 rings (SSSR count). The first-order valence-electron chi connectivity index (χ1n) is 8.91. The second kappa shape index (κ2) is 8.21. The highest BCUT2D eigenvalue weighted by molar-refractivity contribution is 5.79. The zero-order valence-electron chi connectivity index (χ0n) is 15.9. The molecule has 0 atom stereocenters. The zero-order valence-corrected chi connectivity index (χ0v) is 15.9. The van der Waals surface area contributed by atoms with Crippen molar-refractivity contribution < 1.29 is 23.2 Å². The van der Waals surface area contributed by atoms with E-state index < -0.39 is 11.6 Å². The summed E-state index contributed by atoms with van der Waals surface area (Å²) in [5, 5.41) is 3.91. The van der Waals surface area contributed by atoms with E-state index >= 15 is 0 Å². The third-order valence-corrected chi connectivity index (χ3v) is 4.09. The van der Waals surface area contributed by atoms with Gasteiger partial charge in [0.05, 0.1) is 0 Å². The third-order valence-electron chi connectivity index (χ3n) is 4.09. The Balaban J connectivity index is 1.59. The molecule has 1 heterocycles. The van der Waals surface area contributed by atoms with Crippen LogP contribution in [-0.2, 0) is 22.6 Å².